The van der Waals surface area contributed by atoms with Gasteiger partial charge in [-0.1, -0.05) is 18.2 Å². The molecule has 0 spiro atoms. The van der Waals surface area contributed by atoms with E-state index in [1.165, 1.54) is 0 Å². The molecule has 8 nitrogen and oxygen atoms in total. The fourth-order valence-corrected chi connectivity index (χ4v) is 3.68. The van der Waals surface area contributed by atoms with Crippen LogP contribution in [0.1, 0.15) is 17.8 Å². The van der Waals surface area contributed by atoms with Crippen molar-refractivity contribution in [3.8, 4) is 0 Å². The van der Waals surface area contributed by atoms with Crippen molar-refractivity contribution in [2.75, 3.05) is 36.8 Å². The summed E-state index contributed by atoms with van der Waals surface area (Å²) in [5, 5.41) is 5.26. The second kappa shape index (κ2) is 9.95. The maximum absolute atomic E-state index is 12.6. The van der Waals surface area contributed by atoms with Gasteiger partial charge in [-0.05, 0) is 25.0 Å². The van der Waals surface area contributed by atoms with Gasteiger partial charge in [0.15, 0.2) is 5.65 Å². The fourth-order valence-electron chi connectivity index (χ4n) is 3.68. The van der Waals surface area contributed by atoms with E-state index in [9.17, 15) is 4.79 Å². The molecule has 0 bridgehead atoms. The summed E-state index contributed by atoms with van der Waals surface area (Å²) in [6.07, 6.45) is 2.96. The van der Waals surface area contributed by atoms with Gasteiger partial charge in [-0.25, -0.2) is 9.97 Å². The third-order valence-corrected chi connectivity index (χ3v) is 5.28. The summed E-state index contributed by atoms with van der Waals surface area (Å²) >= 11 is 0. The van der Waals surface area contributed by atoms with Crippen molar-refractivity contribution in [1.82, 2.24) is 24.6 Å². The molecule has 0 radical (unpaired) electrons. The number of nitrogens with zero attached hydrogens (tertiary/aromatic N) is 6. The molecule has 1 amide bonds. The van der Waals surface area contributed by atoms with Gasteiger partial charge in [0.25, 0.3) is 0 Å². The Kier molecular flexibility index (Phi) is 7.86. The maximum Gasteiger partial charge on any atom is 0.223 e. The van der Waals surface area contributed by atoms with Crippen LogP contribution in [-0.2, 0) is 18.3 Å². The molecule has 30 heavy (non-hydrogen) atoms. The zero-order valence-electron chi connectivity index (χ0n) is 17.1. The van der Waals surface area contributed by atoms with E-state index in [2.05, 4.69) is 20.0 Å². The van der Waals surface area contributed by atoms with Crippen LogP contribution in [-0.4, -0.2) is 56.7 Å². The number of carbonyl (C=O) groups is 1. The summed E-state index contributed by atoms with van der Waals surface area (Å²) in [7, 11) is 1.88. The van der Waals surface area contributed by atoms with Gasteiger partial charge >= 0.3 is 0 Å². The summed E-state index contributed by atoms with van der Waals surface area (Å²) < 4.78 is 1.77. The topological polar surface area (TPSA) is 93.2 Å². The summed E-state index contributed by atoms with van der Waals surface area (Å²) in [6.45, 7) is 4.77. The van der Waals surface area contributed by atoms with Crippen LogP contribution in [0.25, 0.3) is 11.0 Å². The molecule has 3 aromatic rings. The van der Waals surface area contributed by atoms with Gasteiger partial charge in [-0.2, -0.15) is 5.10 Å². The number of benzene rings is 1. The summed E-state index contributed by atoms with van der Waals surface area (Å²) in [6, 6.07) is 7.73. The van der Waals surface area contributed by atoms with Crippen LogP contribution < -0.4 is 10.6 Å². The lowest BCUT2D eigenvalue weighted by atomic mass is 10.1. The highest BCUT2D eigenvalue weighted by molar-refractivity contribution is 5.87. The van der Waals surface area contributed by atoms with Gasteiger partial charge in [0.05, 0.1) is 11.6 Å². The van der Waals surface area contributed by atoms with Gasteiger partial charge in [0, 0.05) is 45.3 Å². The van der Waals surface area contributed by atoms with Crippen molar-refractivity contribution in [2.45, 2.75) is 19.8 Å². The predicted octanol–water partition coefficient (Wildman–Crippen LogP) is 2.38. The SMILES string of the molecule is Cc1nc(N2CCN(C(=O)CCc3ccccc3N)CC2)c2cnn(C)c2n1.Cl.Cl. The fraction of sp³-hybridized carbons (Fsp3) is 0.400. The molecule has 4 rings (SSSR count). The number of piperazine rings is 1. The number of fused-ring (bicyclic) bond motifs is 1. The highest BCUT2D eigenvalue weighted by Gasteiger charge is 2.24. The first kappa shape index (κ1) is 23.7. The molecule has 1 saturated heterocycles. The molecule has 2 N–H and O–H groups in total. The maximum atomic E-state index is 12.6. The second-order valence-corrected chi connectivity index (χ2v) is 7.17. The monoisotopic (exact) mass is 451 g/mol. The van der Waals surface area contributed by atoms with Crippen molar-refractivity contribution in [3.05, 3.63) is 41.9 Å². The van der Waals surface area contributed by atoms with Crippen LogP contribution in [0.2, 0.25) is 0 Å². The highest BCUT2D eigenvalue weighted by atomic mass is 35.5. The van der Waals surface area contributed by atoms with Crippen LogP contribution in [0.5, 0.6) is 0 Å². The number of aromatic nitrogens is 4. The molecule has 1 aliphatic rings. The van der Waals surface area contributed by atoms with E-state index >= 15 is 0 Å². The number of carbonyl (C=O) groups excluding carboxylic acids is 1. The number of para-hydroxylation sites is 1. The predicted molar refractivity (Wildman–Crippen MR) is 124 cm³/mol. The quantitative estimate of drug-likeness (QED) is 0.611. The Balaban J connectivity index is 0.00000160. The molecule has 162 valence electrons. The lowest BCUT2D eigenvalue weighted by molar-refractivity contribution is -0.131. The Morgan fingerprint density at radius 1 is 1.10 bits per heavy atom. The molecule has 0 atom stereocenters. The Morgan fingerprint density at radius 3 is 2.50 bits per heavy atom. The summed E-state index contributed by atoms with van der Waals surface area (Å²) in [5.74, 6) is 1.80. The summed E-state index contributed by atoms with van der Waals surface area (Å²) in [4.78, 5) is 25.9. The Hall–Kier alpha value is -2.58. The van der Waals surface area contributed by atoms with Crippen molar-refractivity contribution in [1.29, 1.82) is 0 Å². The molecule has 1 aliphatic heterocycles. The van der Waals surface area contributed by atoms with Gasteiger partial charge in [-0.3, -0.25) is 9.48 Å². The lowest BCUT2D eigenvalue weighted by Gasteiger charge is -2.35. The Labute approximate surface area is 188 Å². The van der Waals surface area contributed by atoms with Crippen LogP contribution in [0.4, 0.5) is 11.5 Å². The number of amides is 1. The first-order chi connectivity index (χ1) is 13.5. The van der Waals surface area contributed by atoms with Crippen molar-refractivity contribution in [2.24, 2.45) is 7.05 Å². The van der Waals surface area contributed by atoms with Gasteiger partial charge in [0.2, 0.25) is 5.91 Å². The van der Waals surface area contributed by atoms with Crippen LogP contribution in [0.3, 0.4) is 0 Å². The molecule has 1 fully saturated rings. The third-order valence-electron chi connectivity index (χ3n) is 5.28. The zero-order valence-corrected chi connectivity index (χ0v) is 18.7. The van der Waals surface area contributed by atoms with E-state index in [4.69, 9.17) is 5.73 Å². The van der Waals surface area contributed by atoms with Gasteiger partial charge in [-0.15, -0.1) is 24.8 Å². The molecule has 3 heterocycles. The van der Waals surface area contributed by atoms with Gasteiger partial charge in [0.1, 0.15) is 11.6 Å². The number of nitrogen functional groups attached to an aromatic ring is 1. The average molecular weight is 452 g/mol. The number of aryl methyl sites for hydroxylation is 3. The minimum Gasteiger partial charge on any atom is -0.399 e. The molecule has 10 heteroatoms. The van der Waals surface area contributed by atoms with E-state index < -0.39 is 0 Å². The van der Waals surface area contributed by atoms with Crippen LogP contribution >= 0.6 is 24.8 Å². The van der Waals surface area contributed by atoms with E-state index in [0.29, 0.717) is 25.9 Å². The molecule has 0 unspecified atom stereocenters. The number of anilines is 2. The zero-order chi connectivity index (χ0) is 19.7. The Morgan fingerprint density at radius 2 is 1.80 bits per heavy atom. The number of hydrogen-bond acceptors (Lipinski definition) is 6. The van der Waals surface area contributed by atoms with Crippen LogP contribution in [0, 0.1) is 6.92 Å². The molecule has 2 aromatic heterocycles. The number of rotatable bonds is 4. The van der Waals surface area contributed by atoms with E-state index in [1.54, 1.807) is 4.68 Å². The molecule has 0 saturated carbocycles. The first-order valence-corrected chi connectivity index (χ1v) is 9.55. The van der Waals surface area contributed by atoms with Gasteiger partial charge < -0.3 is 15.5 Å². The highest BCUT2D eigenvalue weighted by Crippen LogP contribution is 2.24. The minimum absolute atomic E-state index is 0. The van der Waals surface area contributed by atoms with E-state index in [1.807, 2.05) is 49.3 Å². The standard InChI is InChI=1S/C20H25N7O.2ClH/c1-14-23-19-16(13-22-25(19)2)20(24-14)27-11-9-26(10-12-27)18(28)8-7-15-5-3-4-6-17(15)21;;/h3-6,13H,7-12,21H2,1-2H3;2*1H. The van der Waals surface area contributed by atoms with E-state index in [0.717, 1.165) is 47.0 Å². The molecular formula is C20H27Cl2N7O. The van der Waals surface area contributed by atoms with E-state index in [-0.39, 0.29) is 30.7 Å². The molecular weight excluding hydrogens is 425 g/mol. The lowest BCUT2D eigenvalue weighted by Crippen LogP contribution is -2.49. The average Bonchev–Trinajstić information content (AvgIpc) is 3.07. The molecule has 1 aromatic carbocycles. The van der Waals surface area contributed by atoms with Crippen molar-refractivity contribution in [3.63, 3.8) is 0 Å². The largest absolute Gasteiger partial charge is 0.399 e. The summed E-state index contributed by atoms with van der Waals surface area (Å²) in [5.41, 5.74) is 8.59. The third kappa shape index (κ3) is 4.76. The first-order valence-electron chi connectivity index (χ1n) is 9.55. The Bertz CT molecular complexity index is 1020. The molecule has 0 aliphatic carbocycles. The second-order valence-electron chi connectivity index (χ2n) is 7.17. The minimum atomic E-state index is 0. The van der Waals surface area contributed by atoms with Crippen molar-refractivity contribution >= 4 is 53.3 Å². The van der Waals surface area contributed by atoms with Crippen LogP contribution in [0.15, 0.2) is 30.5 Å². The normalized spacial score (nSPS) is 13.7. The van der Waals surface area contributed by atoms with Crippen molar-refractivity contribution < 1.29 is 4.79 Å². The smallest absolute Gasteiger partial charge is 0.223 e. The number of hydrogen-bond donors (Lipinski definition) is 1. The number of halogens is 2. The number of nitrogens with two attached hydrogens (primary N) is 1.